The van der Waals surface area contributed by atoms with Gasteiger partial charge in [-0.2, -0.15) is 0 Å². The van der Waals surface area contributed by atoms with Crippen LogP contribution in [0, 0.1) is 0 Å². The Morgan fingerprint density at radius 3 is 3.00 bits per heavy atom. The lowest BCUT2D eigenvalue weighted by Crippen LogP contribution is -2.17. The molecule has 7 heteroatoms. The monoisotopic (exact) mass is 358 g/mol. The first-order chi connectivity index (χ1) is 13.3. The predicted octanol–water partition coefficient (Wildman–Crippen LogP) is 3.30. The maximum Gasteiger partial charge on any atom is 0.234 e. The van der Waals surface area contributed by atoms with Crippen molar-refractivity contribution in [3.05, 3.63) is 55.0 Å². The summed E-state index contributed by atoms with van der Waals surface area (Å²) in [5, 5.41) is 6.48. The van der Waals surface area contributed by atoms with Crippen LogP contribution in [0.5, 0.6) is 5.75 Å². The Morgan fingerprint density at radius 1 is 1.11 bits per heavy atom. The Balaban J connectivity index is 1.75. The van der Waals surface area contributed by atoms with Crippen molar-refractivity contribution in [1.82, 2.24) is 19.4 Å². The molecule has 27 heavy (non-hydrogen) atoms. The number of hydrogen-bond acceptors (Lipinski definition) is 6. The van der Waals surface area contributed by atoms with Crippen molar-refractivity contribution in [3.63, 3.8) is 0 Å². The molecule has 0 radical (unpaired) electrons. The topological polar surface area (TPSA) is 76.4 Å². The van der Waals surface area contributed by atoms with Crippen molar-refractivity contribution in [1.29, 1.82) is 0 Å². The summed E-state index contributed by atoms with van der Waals surface area (Å²) in [4.78, 5) is 13.5. The predicted molar refractivity (Wildman–Crippen MR) is 105 cm³/mol. The molecule has 4 aromatic rings. The molecular weight excluding hydrogens is 340 g/mol. The molecule has 0 aliphatic carbocycles. The molecule has 0 fully saturated rings. The molecule has 7 nitrogen and oxygen atoms in total. The second-order valence-corrected chi connectivity index (χ2v) is 6.26. The molecule has 4 heterocycles. The van der Waals surface area contributed by atoms with Crippen LogP contribution in [-0.2, 0) is 0 Å². The van der Waals surface area contributed by atoms with E-state index in [4.69, 9.17) is 9.72 Å². The molecule has 1 aliphatic rings. The van der Waals surface area contributed by atoms with Gasteiger partial charge in [-0.15, -0.1) is 0 Å². The maximum absolute atomic E-state index is 5.71. The fraction of sp³-hybridized carbons (Fsp3) is 0.150. The van der Waals surface area contributed by atoms with Crippen molar-refractivity contribution in [2.75, 3.05) is 30.8 Å². The van der Waals surface area contributed by atoms with Gasteiger partial charge < -0.3 is 15.4 Å². The zero-order chi connectivity index (χ0) is 18.2. The van der Waals surface area contributed by atoms with E-state index in [1.165, 1.54) is 0 Å². The highest BCUT2D eigenvalue weighted by molar-refractivity contribution is 5.84. The van der Waals surface area contributed by atoms with Crippen LogP contribution in [-0.4, -0.2) is 39.6 Å². The van der Waals surface area contributed by atoms with Crippen LogP contribution in [0.25, 0.3) is 28.3 Å². The van der Waals surface area contributed by atoms with Gasteiger partial charge in [-0.1, -0.05) is 0 Å². The number of pyridine rings is 1. The van der Waals surface area contributed by atoms with Crippen LogP contribution in [0.3, 0.4) is 0 Å². The number of hydrogen-bond donors (Lipinski definition) is 2. The molecule has 2 N–H and O–H groups in total. The highest BCUT2D eigenvalue weighted by atomic mass is 16.5. The summed E-state index contributed by atoms with van der Waals surface area (Å²) in [6.07, 6.45) is 5.52. The largest absolute Gasteiger partial charge is 0.490 e. The number of aromatic nitrogens is 4. The summed E-state index contributed by atoms with van der Waals surface area (Å²) >= 11 is 0. The number of anilines is 2. The van der Waals surface area contributed by atoms with Gasteiger partial charge in [0.25, 0.3) is 0 Å². The molecule has 134 valence electrons. The van der Waals surface area contributed by atoms with E-state index in [2.05, 4.69) is 32.7 Å². The normalized spacial score (nSPS) is 12.9. The molecule has 0 amide bonds. The minimum absolute atomic E-state index is 0.659. The van der Waals surface area contributed by atoms with Crippen LogP contribution in [0.1, 0.15) is 0 Å². The van der Waals surface area contributed by atoms with E-state index in [1.807, 2.05) is 41.9 Å². The average molecular weight is 358 g/mol. The Labute approximate surface area is 156 Å². The smallest absolute Gasteiger partial charge is 0.234 e. The van der Waals surface area contributed by atoms with E-state index < -0.39 is 0 Å². The van der Waals surface area contributed by atoms with E-state index in [-0.39, 0.29) is 0 Å². The quantitative estimate of drug-likeness (QED) is 0.585. The van der Waals surface area contributed by atoms with Crippen LogP contribution in [0.15, 0.2) is 55.0 Å². The van der Waals surface area contributed by atoms with Gasteiger partial charge in [-0.05, 0) is 36.4 Å². The van der Waals surface area contributed by atoms with Gasteiger partial charge in [0, 0.05) is 43.3 Å². The molecule has 3 aromatic heterocycles. The minimum Gasteiger partial charge on any atom is -0.490 e. The van der Waals surface area contributed by atoms with Gasteiger partial charge in [0.15, 0.2) is 0 Å². The first-order valence-corrected chi connectivity index (χ1v) is 8.82. The first kappa shape index (κ1) is 15.6. The summed E-state index contributed by atoms with van der Waals surface area (Å²) in [6.45, 7) is 1.48. The number of imidazole rings is 1. The summed E-state index contributed by atoms with van der Waals surface area (Å²) in [5.41, 5.74) is 4.88. The van der Waals surface area contributed by atoms with Crippen molar-refractivity contribution in [3.8, 4) is 28.3 Å². The number of ether oxygens (including phenoxy) is 1. The fourth-order valence-electron chi connectivity index (χ4n) is 3.37. The molecule has 1 aliphatic heterocycles. The number of fused-ring (bicyclic) bond motifs is 2. The number of nitrogens with zero attached hydrogens (tertiary/aromatic N) is 4. The van der Waals surface area contributed by atoms with E-state index in [0.717, 1.165) is 46.3 Å². The molecule has 0 spiro atoms. The third-order valence-electron chi connectivity index (χ3n) is 4.62. The van der Waals surface area contributed by atoms with Crippen LogP contribution in [0.2, 0.25) is 0 Å². The molecule has 0 atom stereocenters. The fourth-order valence-corrected chi connectivity index (χ4v) is 3.37. The highest BCUT2D eigenvalue weighted by Crippen LogP contribution is 2.37. The Kier molecular flexibility index (Phi) is 3.64. The second-order valence-electron chi connectivity index (χ2n) is 6.26. The zero-order valence-electron chi connectivity index (χ0n) is 14.8. The lowest BCUT2D eigenvalue weighted by atomic mass is 10.0. The molecule has 5 rings (SSSR count). The van der Waals surface area contributed by atoms with Gasteiger partial charge in [-0.25, -0.2) is 15.0 Å². The maximum atomic E-state index is 5.71. The molecule has 0 saturated heterocycles. The van der Waals surface area contributed by atoms with Gasteiger partial charge in [0.05, 0.1) is 17.1 Å². The van der Waals surface area contributed by atoms with Crippen molar-refractivity contribution in [2.45, 2.75) is 0 Å². The third-order valence-corrected chi connectivity index (χ3v) is 4.62. The molecule has 0 saturated carbocycles. The van der Waals surface area contributed by atoms with E-state index in [0.29, 0.717) is 12.4 Å². The number of rotatable bonds is 3. The van der Waals surface area contributed by atoms with Crippen LogP contribution >= 0.6 is 0 Å². The lowest BCUT2D eigenvalue weighted by molar-refractivity contribution is 0.323. The molecule has 0 unspecified atom stereocenters. The Bertz CT molecular complexity index is 1140. The van der Waals surface area contributed by atoms with Gasteiger partial charge in [0.2, 0.25) is 5.78 Å². The van der Waals surface area contributed by atoms with Gasteiger partial charge in [-0.3, -0.25) is 4.40 Å². The number of benzene rings is 1. The summed E-state index contributed by atoms with van der Waals surface area (Å²) < 4.78 is 7.73. The molecule has 0 bridgehead atoms. The third kappa shape index (κ3) is 2.64. The second kappa shape index (κ2) is 6.28. The van der Waals surface area contributed by atoms with E-state index >= 15 is 0 Å². The summed E-state index contributed by atoms with van der Waals surface area (Å²) in [5.74, 6) is 2.33. The molecule has 1 aromatic carbocycles. The lowest BCUT2D eigenvalue weighted by Gasteiger charge is -2.20. The zero-order valence-corrected chi connectivity index (χ0v) is 14.8. The van der Waals surface area contributed by atoms with Crippen LogP contribution in [0.4, 0.5) is 11.5 Å². The van der Waals surface area contributed by atoms with E-state index in [1.54, 1.807) is 12.4 Å². The van der Waals surface area contributed by atoms with Crippen molar-refractivity contribution in [2.24, 2.45) is 0 Å². The van der Waals surface area contributed by atoms with E-state index in [9.17, 15) is 0 Å². The van der Waals surface area contributed by atoms with Crippen LogP contribution < -0.4 is 15.4 Å². The van der Waals surface area contributed by atoms with Gasteiger partial charge in [0.1, 0.15) is 18.2 Å². The Morgan fingerprint density at radius 2 is 2.07 bits per heavy atom. The van der Waals surface area contributed by atoms with Crippen molar-refractivity contribution < 1.29 is 4.74 Å². The Hall–Kier alpha value is -3.61. The number of nitrogens with one attached hydrogen (secondary N) is 2. The van der Waals surface area contributed by atoms with Gasteiger partial charge >= 0.3 is 0 Å². The minimum atomic E-state index is 0.659. The summed E-state index contributed by atoms with van der Waals surface area (Å²) in [7, 11) is 1.85. The van der Waals surface area contributed by atoms with Crippen molar-refractivity contribution >= 4 is 17.3 Å². The average Bonchev–Trinajstić information content (AvgIpc) is 3.13. The molecular formula is C20H18N6O. The summed E-state index contributed by atoms with van der Waals surface area (Å²) in [6, 6.07) is 12.0. The highest BCUT2D eigenvalue weighted by Gasteiger charge is 2.19. The first-order valence-electron chi connectivity index (χ1n) is 8.82. The SMILES string of the molecule is CNc1cc(-c2nc3ncccn3c2-c2ccc3c(c2)NCCO3)ccn1. The standard InChI is InChI=1S/C20H18N6O/c1-21-17-12-13(5-7-23-17)18-19(26-9-2-6-24-20(26)25-18)14-3-4-16-15(11-14)22-8-10-27-16/h2-7,9,11-12,22H,8,10H2,1H3,(H,21,23).